The van der Waals surface area contributed by atoms with Crippen LogP contribution in [0.25, 0.3) is 11.1 Å². The second-order valence-electron chi connectivity index (χ2n) is 6.43. The van der Waals surface area contributed by atoms with Crippen molar-refractivity contribution in [2.75, 3.05) is 12.4 Å². The Labute approximate surface area is 171 Å². The van der Waals surface area contributed by atoms with E-state index in [0.717, 1.165) is 28.6 Å². The number of fused-ring (bicyclic) bond motifs is 1. The van der Waals surface area contributed by atoms with Gasteiger partial charge in [0.25, 0.3) is 0 Å². The van der Waals surface area contributed by atoms with Crippen molar-refractivity contribution in [2.24, 2.45) is 10.1 Å². The lowest BCUT2D eigenvalue weighted by atomic mass is 9.99. The standard InChI is InChI=1S/C20H21F2N3O3S/c1-4-15(24-3)18(29-23)19(26)25-13-7-5-12(6-8-13)14-10-17-16(9-11(14)2)27-20(21,22)28-17/h5-10,18H,4,23H2,1-3H3,(H,25,26). The summed E-state index contributed by atoms with van der Waals surface area (Å²) in [5.41, 5.74) is 3.57. The number of benzene rings is 2. The van der Waals surface area contributed by atoms with Crippen molar-refractivity contribution in [1.29, 1.82) is 0 Å². The summed E-state index contributed by atoms with van der Waals surface area (Å²) in [6.45, 7) is 3.71. The van der Waals surface area contributed by atoms with E-state index in [0.29, 0.717) is 17.8 Å². The molecule has 0 fully saturated rings. The van der Waals surface area contributed by atoms with Gasteiger partial charge in [-0.3, -0.25) is 14.9 Å². The normalized spacial score (nSPS) is 15.9. The Morgan fingerprint density at radius 2 is 1.86 bits per heavy atom. The van der Waals surface area contributed by atoms with Crippen molar-refractivity contribution < 1.29 is 23.0 Å². The van der Waals surface area contributed by atoms with Crippen LogP contribution in [0.4, 0.5) is 14.5 Å². The maximum absolute atomic E-state index is 13.3. The largest absolute Gasteiger partial charge is 0.586 e. The molecular formula is C20H21F2N3O3S. The second kappa shape index (κ2) is 8.38. The van der Waals surface area contributed by atoms with E-state index in [4.69, 9.17) is 5.14 Å². The Balaban J connectivity index is 1.79. The molecule has 2 aromatic rings. The molecule has 3 N–H and O–H groups in total. The number of nitrogens with zero attached hydrogens (tertiary/aromatic N) is 1. The number of nitrogens with two attached hydrogens (primary N) is 1. The lowest BCUT2D eigenvalue weighted by Crippen LogP contribution is -2.33. The van der Waals surface area contributed by atoms with Crippen LogP contribution in [0.1, 0.15) is 18.9 Å². The van der Waals surface area contributed by atoms with Gasteiger partial charge in [-0.15, -0.1) is 8.78 Å². The number of nitrogens with one attached hydrogen (secondary N) is 1. The molecule has 0 aromatic heterocycles. The van der Waals surface area contributed by atoms with Crippen molar-refractivity contribution in [1.82, 2.24) is 0 Å². The Morgan fingerprint density at radius 3 is 2.41 bits per heavy atom. The lowest BCUT2D eigenvalue weighted by molar-refractivity contribution is -0.286. The summed E-state index contributed by atoms with van der Waals surface area (Å²) in [7, 11) is 1.63. The van der Waals surface area contributed by atoms with Crippen LogP contribution in [0.15, 0.2) is 41.4 Å². The van der Waals surface area contributed by atoms with Gasteiger partial charge in [0.1, 0.15) is 5.25 Å². The van der Waals surface area contributed by atoms with E-state index in [1.54, 1.807) is 38.2 Å². The zero-order valence-corrected chi connectivity index (χ0v) is 17.0. The van der Waals surface area contributed by atoms with Gasteiger partial charge < -0.3 is 14.8 Å². The first-order valence-corrected chi connectivity index (χ1v) is 9.85. The average Bonchev–Trinajstić information content (AvgIpc) is 2.98. The number of aliphatic imine (C=N–C) groups is 1. The van der Waals surface area contributed by atoms with Gasteiger partial charge in [-0.05, 0) is 54.3 Å². The number of aryl methyl sites for hydroxylation is 1. The van der Waals surface area contributed by atoms with Crippen LogP contribution in [-0.4, -0.2) is 30.2 Å². The molecular weight excluding hydrogens is 400 g/mol. The van der Waals surface area contributed by atoms with Crippen molar-refractivity contribution in [3.05, 3.63) is 42.0 Å². The van der Waals surface area contributed by atoms with Crippen LogP contribution in [0, 0.1) is 6.92 Å². The molecule has 0 radical (unpaired) electrons. The summed E-state index contributed by atoms with van der Waals surface area (Å²) in [5, 5.41) is 7.92. The van der Waals surface area contributed by atoms with Gasteiger partial charge in [-0.25, -0.2) is 0 Å². The van der Waals surface area contributed by atoms with Crippen LogP contribution in [0.3, 0.4) is 0 Å². The maximum atomic E-state index is 13.3. The summed E-state index contributed by atoms with van der Waals surface area (Å²) < 4.78 is 35.6. The molecule has 1 amide bonds. The average molecular weight is 421 g/mol. The van der Waals surface area contributed by atoms with Crippen LogP contribution < -0.4 is 19.9 Å². The molecule has 6 nitrogen and oxygen atoms in total. The molecule has 1 atom stereocenters. The Hall–Kier alpha value is -2.65. The quantitative estimate of drug-likeness (QED) is 0.534. The molecule has 1 aliphatic rings. The first-order chi connectivity index (χ1) is 13.8. The third-order valence-corrected chi connectivity index (χ3v) is 5.30. The predicted molar refractivity (Wildman–Crippen MR) is 111 cm³/mol. The van der Waals surface area contributed by atoms with E-state index >= 15 is 0 Å². The predicted octanol–water partition coefficient (Wildman–Crippen LogP) is 4.38. The number of carbonyl (C=O) groups is 1. The summed E-state index contributed by atoms with van der Waals surface area (Å²) in [4.78, 5) is 16.6. The highest BCUT2D eigenvalue weighted by molar-refractivity contribution is 7.99. The van der Waals surface area contributed by atoms with Gasteiger partial charge in [0.15, 0.2) is 11.5 Å². The number of ether oxygens (including phenoxy) is 2. The van der Waals surface area contributed by atoms with Crippen LogP contribution >= 0.6 is 11.9 Å². The van der Waals surface area contributed by atoms with E-state index in [2.05, 4.69) is 19.8 Å². The summed E-state index contributed by atoms with van der Waals surface area (Å²) in [5.74, 6) is -0.259. The first-order valence-electron chi connectivity index (χ1n) is 8.90. The fourth-order valence-corrected chi connectivity index (χ4v) is 3.71. The number of anilines is 1. The molecule has 0 saturated carbocycles. The molecule has 0 aliphatic carbocycles. The van der Waals surface area contributed by atoms with Gasteiger partial charge in [0.2, 0.25) is 5.91 Å². The maximum Gasteiger partial charge on any atom is 0.586 e. The van der Waals surface area contributed by atoms with E-state index < -0.39 is 11.5 Å². The number of carbonyl (C=O) groups excluding carboxylic acids is 1. The molecule has 1 unspecified atom stereocenters. The molecule has 3 rings (SSSR count). The Kier molecular flexibility index (Phi) is 6.09. The molecule has 0 bridgehead atoms. The minimum atomic E-state index is -3.65. The van der Waals surface area contributed by atoms with E-state index in [1.165, 1.54) is 12.1 Å². The second-order valence-corrected chi connectivity index (χ2v) is 7.18. The van der Waals surface area contributed by atoms with E-state index in [1.807, 2.05) is 6.92 Å². The van der Waals surface area contributed by atoms with Gasteiger partial charge in [-0.1, -0.05) is 31.0 Å². The van der Waals surface area contributed by atoms with Crippen molar-refractivity contribution in [3.63, 3.8) is 0 Å². The number of alkyl halides is 2. The Morgan fingerprint density at radius 1 is 1.24 bits per heavy atom. The molecule has 29 heavy (non-hydrogen) atoms. The van der Waals surface area contributed by atoms with Crippen molar-refractivity contribution in [3.8, 4) is 22.6 Å². The smallest absolute Gasteiger partial charge is 0.395 e. The summed E-state index contributed by atoms with van der Waals surface area (Å²) in [6.07, 6.45) is -3.03. The van der Waals surface area contributed by atoms with Gasteiger partial charge in [0, 0.05) is 18.4 Å². The highest BCUT2D eigenvalue weighted by Crippen LogP contribution is 2.44. The Bertz CT molecular complexity index is 949. The fraction of sp³-hybridized carbons (Fsp3) is 0.300. The lowest BCUT2D eigenvalue weighted by Gasteiger charge is -2.16. The zero-order chi connectivity index (χ0) is 21.2. The molecule has 0 spiro atoms. The first kappa shape index (κ1) is 21.1. The third-order valence-electron chi connectivity index (χ3n) is 4.54. The molecule has 1 heterocycles. The van der Waals surface area contributed by atoms with Crippen molar-refractivity contribution >= 4 is 29.3 Å². The molecule has 1 aliphatic heterocycles. The van der Waals surface area contributed by atoms with Crippen molar-refractivity contribution in [2.45, 2.75) is 31.8 Å². The molecule has 2 aromatic carbocycles. The number of rotatable bonds is 6. The molecule has 9 heteroatoms. The monoisotopic (exact) mass is 421 g/mol. The topological polar surface area (TPSA) is 85.9 Å². The van der Waals surface area contributed by atoms with E-state index in [9.17, 15) is 13.6 Å². The SMILES string of the molecule is CCC(=NC)C(SN)C(=O)Nc1ccc(-c2cc3c(cc2C)OC(F)(F)O3)cc1. The molecule has 154 valence electrons. The summed E-state index contributed by atoms with van der Waals surface area (Å²) in [6, 6.07) is 10.1. The number of amides is 1. The van der Waals surface area contributed by atoms with Gasteiger partial charge >= 0.3 is 6.29 Å². The highest BCUT2D eigenvalue weighted by Gasteiger charge is 2.43. The third kappa shape index (κ3) is 4.51. The number of halogens is 2. The fourth-order valence-electron chi connectivity index (χ4n) is 3.10. The highest BCUT2D eigenvalue weighted by atomic mass is 32.2. The molecule has 0 saturated heterocycles. The van der Waals surface area contributed by atoms with Crippen LogP contribution in [0.2, 0.25) is 0 Å². The zero-order valence-electron chi connectivity index (χ0n) is 16.2. The number of hydrogen-bond acceptors (Lipinski definition) is 6. The summed E-state index contributed by atoms with van der Waals surface area (Å²) >= 11 is 0.938. The van der Waals surface area contributed by atoms with Crippen LogP contribution in [-0.2, 0) is 4.79 Å². The van der Waals surface area contributed by atoms with Crippen LogP contribution in [0.5, 0.6) is 11.5 Å². The van der Waals surface area contributed by atoms with Gasteiger partial charge in [-0.2, -0.15) is 0 Å². The minimum absolute atomic E-state index is 0.00905. The minimum Gasteiger partial charge on any atom is -0.395 e. The van der Waals surface area contributed by atoms with Gasteiger partial charge in [0.05, 0.1) is 0 Å². The number of hydrogen-bond donors (Lipinski definition) is 2. The van der Waals surface area contributed by atoms with E-state index in [-0.39, 0.29) is 17.4 Å².